The van der Waals surface area contributed by atoms with Gasteiger partial charge in [0, 0.05) is 28.7 Å². The molecule has 2 aliphatic rings. The minimum absolute atomic E-state index is 0.275. The average Bonchev–Trinajstić information content (AvgIpc) is 3.52. The van der Waals surface area contributed by atoms with E-state index in [2.05, 4.69) is 72.4 Å². The predicted molar refractivity (Wildman–Crippen MR) is 160 cm³/mol. The van der Waals surface area contributed by atoms with E-state index in [0.29, 0.717) is 11.8 Å². The first kappa shape index (κ1) is 26.2. The van der Waals surface area contributed by atoms with Gasteiger partial charge in [-0.25, -0.2) is 0 Å². The Bertz CT molecular complexity index is 1400. The van der Waals surface area contributed by atoms with Crippen molar-refractivity contribution in [3.63, 3.8) is 0 Å². The Morgan fingerprint density at radius 1 is 0.897 bits per heavy atom. The van der Waals surface area contributed by atoms with Crippen molar-refractivity contribution in [2.75, 3.05) is 40.3 Å². The fourth-order valence-corrected chi connectivity index (χ4v) is 7.13. The third kappa shape index (κ3) is 6.08. The molecule has 2 atom stereocenters. The molecule has 204 valence electrons. The highest BCUT2D eigenvalue weighted by Gasteiger charge is 2.22. The second-order valence-electron chi connectivity index (χ2n) is 11.2. The fraction of sp³-hybridized carbons (Fsp3) is 0.394. The third-order valence-electron chi connectivity index (χ3n) is 8.21. The van der Waals surface area contributed by atoms with Gasteiger partial charge in [-0.05, 0) is 123 Å². The van der Waals surface area contributed by atoms with E-state index in [1.807, 2.05) is 12.1 Å². The summed E-state index contributed by atoms with van der Waals surface area (Å²) in [5, 5.41) is 11.3. The van der Waals surface area contributed by atoms with Gasteiger partial charge in [0.1, 0.15) is 30.0 Å². The molecule has 2 aliphatic heterocycles. The number of likely N-dealkylation sites (tertiary alicyclic amines) is 2. The van der Waals surface area contributed by atoms with Crippen LogP contribution >= 0.6 is 11.3 Å². The Morgan fingerprint density at radius 2 is 1.69 bits per heavy atom. The van der Waals surface area contributed by atoms with Gasteiger partial charge in [-0.15, -0.1) is 11.3 Å². The molecule has 4 aromatic rings. The largest absolute Gasteiger partial charge is 0.508 e. The highest BCUT2D eigenvalue weighted by atomic mass is 32.1. The van der Waals surface area contributed by atoms with Crippen LogP contribution in [-0.4, -0.2) is 67.4 Å². The van der Waals surface area contributed by atoms with Gasteiger partial charge in [0.15, 0.2) is 0 Å². The van der Waals surface area contributed by atoms with Crippen LogP contribution in [0.25, 0.3) is 20.5 Å². The van der Waals surface area contributed by atoms with Gasteiger partial charge < -0.3 is 24.4 Å². The molecule has 0 amide bonds. The van der Waals surface area contributed by atoms with Crippen LogP contribution in [0.15, 0.2) is 66.7 Å². The highest BCUT2D eigenvalue weighted by Crippen LogP contribution is 2.41. The zero-order chi connectivity index (χ0) is 26.8. The Kier molecular flexibility index (Phi) is 7.78. The molecule has 3 aromatic carbocycles. The zero-order valence-corrected chi connectivity index (χ0v) is 23.8. The van der Waals surface area contributed by atoms with Crippen LogP contribution in [0.5, 0.6) is 17.2 Å². The van der Waals surface area contributed by atoms with Gasteiger partial charge >= 0.3 is 0 Å². The summed E-state index contributed by atoms with van der Waals surface area (Å²) in [6, 6.07) is 23.3. The molecule has 0 spiro atoms. The summed E-state index contributed by atoms with van der Waals surface area (Å²) in [5.74, 6) is 2.16. The molecule has 2 saturated heterocycles. The topological polar surface area (TPSA) is 45.2 Å². The van der Waals surface area contributed by atoms with Crippen molar-refractivity contribution in [1.82, 2.24) is 9.80 Å². The standard InChI is InChI=1S/C33H38N2O3S/c1-34-18-16-29(21-34)38-28-11-6-23(7-12-28)19-31-30-15-10-26(36)20-32(30)39-33(31)24-8-13-27(14-9-24)37-22-25-5-3-4-17-35(25)2/h6-15,20,25,29,36H,3-5,16-19,21-22H2,1-2H3. The minimum atomic E-state index is 0.275. The molecule has 1 N–H and O–H groups in total. The van der Waals surface area contributed by atoms with Gasteiger partial charge in [0.05, 0.1) is 0 Å². The number of ether oxygens (including phenoxy) is 2. The Hall–Kier alpha value is -3.06. The van der Waals surface area contributed by atoms with E-state index in [0.717, 1.165) is 55.3 Å². The number of aromatic hydroxyl groups is 1. The van der Waals surface area contributed by atoms with Crippen molar-refractivity contribution in [2.24, 2.45) is 0 Å². The number of nitrogens with zero attached hydrogens (tertiary/aromatic N) is 2. The predicted octanol–water partition coefficient (Wildman–Crippen LogP) is 6.81. The maximum atomic E-state index is 10.1. The van der Waals surface area contributed by atoms with Crippen LogP contribution in [0.1, 0.15) is 36.8 Å². The molecular formula is C33H38N2O3S. The number of piperidine rings is 1. The third-order valence-corrected chi connectivity index (χ3v) is 9.46. The normalized spacial score (nSPS) is 20.5. The second-order valence-corrected chi connectivity index (χ2v) is 12.2. The van der Waals surface area contributed by atoms with Gasteiger partial charge in [0.25, 0.3) is 0 Å². The Labute approximate surface area is 235 Å². The van der Waals surface area contributed by atoms with Crippen molar-refractivity contribution in [3.8, 4) is 27.7 Å². The molecule has 39 heavy (non-hydrogen) atoms. The molecule has 0 radical (unpaired) electrons. The molecule has 0 bridgehead atoms. The van der Waals surface area contributed by atoms with E-state index in [4.69, 9.17) is 9.47 Å². The molecule has 5 nitrogen and oxygen atoms in total. The van der Waals surface area contributed by atoms with Gasteiger partial charge in [-0.2, -0.15) is 0 Å². The summed E-state index contributed by atoms with van der Waals surface area (Å²) in [5.41, 5.74) is 3.72. The smallest absolute Gasteiger partial charge is 0.119 e. The summed E-state index contributed by atoms with van der Waals surface area (Å²) < 4.78 is 13.5. The van der Waals surface area contributed by atoms with Crippen LogP contribution in [0.2, 0.25) is 0 Å². The summed E-state index contributed by atoms with van der Waals surface area (Å²) in [4.78, 5) is 5.97. The highest BCUT2D eigenvalue weighted by molar-refractivity contribution is 7.22. The van der Waals surface area contributed by atoms with Crippen molar-refractivity contribution in [1.29, 1.82) is 0 Å². The first-order chi connectivity index (χ1) is 19.0. The van der Waals surface area contributed by atoms with Crippen LogP contribution < -0.4 is 9.47 Å². The monoisotopic (exact) mass is 542 g/mol. The molecule has 0 aliphatic carbocycles. The van der Waals surface area contributed by atoms with Crippen LogP contribution in [-0.2, 0) is 6.42 Å². The van der Waals surface area contributed by atoms with Gasteiger partial charge in [-0.3, -0.25) is 0 Å². The number of phenols is 1. The average molecular weight is 543 g/mol. The number of fused-ring (bicyclic) bond motifs is 1. The molecule has 2 unspecified atom stereocenters. The number of hydrogen-bond donors (Lipinski definition) is 1. The van der Waals surface area contributed by atoms with E-state index in [9.17, 15) is 5.11 Å². The number of phenolic OH excluding ortho intramolecular Hbond substituents is 1. The molecule has 3 heterocycles. The fourth-order valence-electron chi connectivity index (χ4n) is 5.87. The SMILES string of the molecule is CN1CCC(Oc2ccc(Cc3c(-c4ccc(OCC5CCCCN5C)cc4)sc4cc(O)ccc34)cc2)C1. The molecule has 1 aromatic heterocycles. The van der Waals surface area contributed by atoms with Crippen molar-refractivity contribution >= 4 is 21.4 Å². The Morgan fingerprint density at radius 3 is 2.44 bits per heavy atom. The van der Waals surface area contributed by atoms with Crippen molar-refractivity contribution in [3.05, 3.63) is 77.9 Å². The first-order valence-electron chi connectivity index (χ1n) is 14.1. The number of thiophene rings is 1. The number of benzene rings is 3. The van der Waals surface area contributed by atoms with Crippen LogP contribution in [0.4, 0.5) is 0 Å². The number of likely N-dealkylation sites (N-methyl/N-ethyl adjacent to an activating group) is 2. The molecule has 6 rings (SSSR count). The van der Waals surface area contributed by atoms with E-state index >= 15 is 0 Å². The zero-order valence-electron chi connectivity index (χ0n) is 22.9. The van der Waals surface area contributed by atoms with Gasteiger partial charge in [-0.1, -0.05) is 18.6 Å². The lowest BCUT2D eigenvalue weighted by Crippen LogP contribution is -2.40. The lowest BCUT2D eigenvalue weighted by Gasteiger charge is -2.32. The maximum absolute atomic E-state index is 10.1. The summed E-state index contributed by atoms with van der Waals surface area (Å²) in [7, 11) is 4.35. The number of hydrogen-bond acceptors (Lipinski definition) is 6. The van der Waals surface area contributed by atoms with E-state index in [-0.39, 0.29) is 6.10 Å². The molecule has 2 fully saturated rings. The van der Waals surface area contributed by atoms with E-state index in [1.165, 1.54) is 46.2 Å². The summed E-state index contributed by atoms with van der Waals surface area (Å²) in [6.45, 7) is 3.98. The number of rotatable bonds is 8. The van der Waals surface area contributed by atoms with Crippen LogP contribution in [0.3, 0.4) is 0 Å². The lowest BCUT2D eigenvalue weighted by molar-refractivity contribution is 0.125. The quantitative estimate of drug-likeness (QED) is 0.265. The summed E-state index contributed by atoms with van der Waals surface area (Å²) in [6.07, 6.45) is 5.95. The Balaban J connectivity index is 1.21. The molecule has 6 heteroatoms. The van der Waals surface area contributed by atoms with Gasteiger partial charge in [0.2, 0.25) is 0 Å². The second kappa shape index (κ2) is 11.6. The lowest BCUT2D eigenvalue weighted by atomic mass is 9.99. The van der Waals surface area contributed by atoms with Crippen LogP contribution in [0, 0.1) is 0 Å². The van der Waals surface area contributed by atoms with Crippen molar-refractivity contribution < 1.29 is 14.6 Å². The first-order valence-corrected chi connectivity index (χ1v) is 15.0. The maximum Gasteiger partial charge on any atom is 0.119 e. The summed E-state index contributed by atoms with van der Waals surface area (Å²) >= 11 is 1.74. The van der Waals surface area contributed by atoms with E-state index < -0.39 is 0 Å². The minimum Gasteiger partial charge on any atom is -0.508 e. The van der Waals surface area contributed by atoms with Crippen molar-refractivity contribution in [2.45, 2.75) is 44.2 Å². The molecular weight excluding hydrogens is 504 g/mol. The molecule has 0 saturated carbocycles. The van der Waals surface area contributed by atoms with E-state index in [1.54, 1.807) is 17.4 Å².